The third-order valence-electron chi connectivity index (χ3n) is 2.68. The summed E-state index contributed by atoms with van der Waals surface area (Å²) in [5.74, 6) is 1.62. The van der Waals surface area contributed by atoms with Crippen LogP contribution in [0.25, 0.3) is 0 Å². The molecule has 0 aromatic heterocycles. The number of hydrogen-bond acceptors (Lipinski definition) is 4. The first kappa shape index (κ1) is 12.2. The summed E-state index contributed by atoms with van der Waals surface area (Å²) in [4.78, 5) is 0. The summed E-state index contributed by atoms with van der Waals surface area (Å²) >= 11 is 0. The van der Waals surface area contributed by atoms with E-state index < -0.39 is 5.60 Å². The van der Waals surface area contributed by atoms with Gasteiger partial charge in [0, 0.05) is 6.54 Å². The van der Waals surface area contributed by atoms with Crippen LogP contribution in [0.4, 0.5) is 0 Å². The third kappa shape index (κ3) is 3.61. The van der Waals surface area contributed by atoms with Crippen molar-refractivity contribution < 1.29 is 14.6 Å². The first-order valence-electron chi connectivity index (χ1n) is 5.86. The second-order valence-electron chi connectivity index (χ2n) is 4.93. The van der Waals surface area contributed by atoms with E-state index >= 15 is 0 Å². The molecule has 1 heterocycles. The molecule has 1 aliphatic heterocycles. The standard InChI is InChI=1S/C13H19NO3/c1-13(2,15)5-6-14-8-10-3-4-11-12(7-10)17-9-16-11/h3-4,7,14-15H,5-6,8-9H2,1-2H3. The van der Waals surface area contributed by atoms with Gasteiger partial charge in [0.25, 0.3) is 0 Å². The molecule has 0 aliphatic carbocycles. The van der Waals surface area contributed by atoms with Crippen LogP contribution < -0.4 is 14.8 Å². The average molecular weight is 237 g/mol. The van der Waals surface area contributed by atoms with Crippen molar-refractivity contribution in [1.82, 2.24) is 5.32 Å². The lowest BCUT2D eigenvalue weighted by Gasteiger charge is -2.17. The van der Waals surface area contributed by atoms with Crippen molar-refractivity contribution in [2.75, 3.05) is 13.3 Å². The zero-order valence-electron chi connectivity index (χ0n) is 10.3. The number of rotatable bonds is 5. The SMILES string of the molecule is CC(C)(O)CCNCc1ccc2c(c1)OCO2. The molecule has 0 atom stereocenters. The van der Waals surface area contributed by atoms with Crippen LogP contribution in [0.2, 0.25) is 0 Å². The molecule has 0 fully saturated rings. The summed E-state index contributed by atoms with van der Waals surface area (Å²) in [6.45, 7) is 5.50. The maximum atomic E-state index is 9.57. The van der Waals surface area contributed by atoms with Gasteiger partial charge in [-0.1, -0.05) is 6.07 Å². The smallest absolute Gasteiger partial charge is 0.231 e. The predicted octanol–water partition coefficient (Wildman–Crippen LogP) is 1.67. The number of nitrogens with one attached hydrogen (secondary N) is 1. The minimum absolute atomic E-state index is 0.310. The number of ether oxygens (including phenoxy) is 2. The van der Waals surface area contributed by atoms with Crippen LogP contribution in [0.15, 0.2) is 18.2 Å². The highest BCUT2D eigenvalue weighted by molar-refractivity contribution is 5.44. The molecule has 0 saturated carbocycles. The van der Waals surface area contributed by atoms with Crippen LogP contribution in [0, 0.1) is 0 Å². The average Bonchev–Trinajstić information content (AvgIpc) is 2.70. The van der Waals surface area contributed by atoms with Crippen molar-refractivity contribution >= 4 is 0 Å². The van der Waals surface area contributed by atoms with Gasteiger partial charge in [0.2, 0.25) is 6.79 Å². The first-order valence-corrected chi connectivity index (χ1v) is 5.86. The van der Waals surface area contributed by atoms with E-state index in [0.717, 1.165) is 36.6 Å². The summed E-state index contributed by atoms with van der Waals surface area (Å²) in [5, 5.41) is 12.9. The normalized spacial score (nSPS) is 14.1. The van der Waals surface area contributed by atoms with Crippen LogP contribution in [0.1, 0.15) is 25.8 Å². The molecule has 1 aromatic rings. The molecule has 94 valence electrons. The zero-order valence-corrected chi connectivity index (χ0v) is 10.3. The van der Waals surface area contributed by atoms with Crippen LogP contribution >= 0.6 is 0 Å². The molecule has 1 aliphatic rings. The second-order valence-corrected chi connectivity index (χ2v) is 4.93. The van der Waals surface area contributed by atoms with Crippen molar-refractivity contribution in [2.24, 2.45) is 0 Å². The minimum Gasteiger partial charge on any atom is -0.454 e. The highest BCUT2D eigenvalue weighted by Crippen LogP contribution is 2.32. The molecule has 2 rings (SSSR count). The quantitative estimate of drug-likeness (QED) is 0.765. The van der Waals surface area contributed by atoms with E-state index in [1.807, 2.05) is 32.0 Å². The van der Waals surface area contributed by atoms with Gasteiger partial charge in [0.1, 0.15) is 0 Å². The lowest BCUT2D eigenvalue weighted by molar-refractivity contribution is 0.0711. The monoisotopic (exact) mass is 237 g/mol. The summed E-state index contributed by atoms with van der Waals surface area (Å²) in [5.41, 5.74) is 0.548. The fraction of sp³-hybridized carbons (Fsp3) is 0.538. The molecule has 4 nitrogen and oxygen atoms in total. The lowest BCUT2D eigenvalue weighted by Crippen LogP contribution is -2.26. The number of hydrogen-bond donors (Lipinski definition) is 2. The van der Waals surface area contributed by atoms with E-state index in [9.17, 15) is 5.11 Å². The molecule has 1 aromatic carbocycles. The number of aliphatic hydroxyl groups is 1. The topological polar surface area (TPSA) is 50.7 Å². The van der Waals surface area contributed by atoms with Gasteiger partial charge < -0.3 is 19.9 Å². The van der Waals surface area contributed by atoms with E-state index in [1.165, 1.54) is 0 Å². The maximum Gasteiger partial charge on any atom is 0.231 e. The minimum atomic E-state index is -0.609. The van der Waals surface area contributed by atoms with Crippen molar-refractivity contribution in [3.63, 3.8) is 0 Å². The third-order valence-corrected chi connectivity index (χ3v) is 2.68. The molecular formula is C13H19NO3. The van der Waals surface area contributed by atoms with Gasteiger partial charge in [-0.25, -0.2) is 0 Å². The molecule has 2 N–H and O–H groups in total. The number of benzene rings is 1. The Morgan fingerprint density at radius 3 is 2.82 bits per heavy atom. The van der Waals surface area contributed by atoms with Crippen LogP contribution in [-0.2, 0) is 6.54 Å². The molecule has 0 unspecified atom stereocenters. The Kier molecular flexibility index (Phi) is 3.54. The Morgan fingerprint density at radius 2 is 2.06 bits per heavy atom. The van der Waals surface area contributed by atoms with Crippen LogP contribution in [0.3, 0.4) is 0 Å². The molecule has 4 heteroatoms. The Balaban J connectivity index is 1.80. The maximum absolute atomic E-state index is 9.57. The molecule has 0 radical (unpaired) electrons. The summed E-state index contributed by atoms with van der Waals surface area (Å²) in [6.07, 6.45) is 0.734. The number of fused-ring (bicyclic) bond motifs is 1. The van der Waals surface area contributed by atoms with Crippen molar-refractivity contribution in [3.05, 3.63) is 23.8 Å². The van der Waals surface area contributed by atoms with Crippen LogP contribution in [0.5, 0.6) is 11.5 Å². The second kappa shape index (κ2) is 4.94. The van der Waals surface area contributed by atoms with Gasteiger partial charge >= 0.3 is 0 Å². The lowest BCUT2D eigenvalue weighted by atomic mass is 10.1. The van der Waals surface area contributed by atoms with Gasteiger partial charge in [0.05, 0.1) is 5.60 Å². The molecule has 0 bridgehead atoms. The highest BCUT2D eigenvalue weighted by atomic mass is 16.7. The van der Waals surface area contributed by atoms with Crippen LogP contribution in [-0.4, -0.2) is 24.0 Å². The fourth-order valence-corrected chi connectivity index (χ4v) is 1.68. The van der Waals surface area contributed by atoms with E-state index in [-0.39, 0.29) is 0 Å². The Labute approximate surface area is 102 Å². The summed E-state index contributed by atoms with van der Waals surface area (Å²) in [6, 6.07) is 5.93. The molecule has 0 spiro atoms. The van der Waals surface area contributed by atoms with Gasteiger partial charge in [-0.05, 0) is 44.5 Å². The largest absolute Gasteiger partial charge is 0.454 e. The molecule has 0 amide bonds. The van der Waals surface area contributed by atoms with E-state index in [2.05, 4.69) is 5.32 Å². The van der Waals surface area contributed by atoms with E-state index in [4.69, 9.17) is 9.47 Å². The molecule has 0 saturated heterocycles. The zero-order chi connectivity index (χ0) is 12.3. The van der Waals surface area contributed by atoms with E-state index in [0.29, 0.717) is 6.79 Å². The molecular weight excluding hydrogens is 218 g/mol. The van der Waals surface area contributed by atoms with Gasteiger partial charge in [-0.15, -0.1) is 0 Å². The van der Waals surface area contributed by atoms with Crippen molar-refractivity contribution in [3.8, 4) is 11.5 Å². The Bertz CT molecular complexity index is 385. The Hall–Kier alpha value is -1.26. The van der Waals surface area contributed by atoms with Crippen molar-refractivity contribution in [2.45, 2.75) is 32.4 Å². The van der Waals surface area contributed by atoms with E-state index in [1.54, 1.807) is 0 Å². The fourth-order valence-electron chi connectivity index (χ4n) is 1.68. The molecule has 17 heavy (non-hydrogen) atoms. The van der Waals surface area contributed by atoms with Crippen molar-refractivity contribution in [1.29, 1.82) is 0 Å². The summed E-state index contributed by atoms with van der Waals surface area (Å²) < 4.78 is 10.6. The predicted molar refractivity (Wildman–Crippen MR) is 65.2 cm³/mol. The van der Waals surface area contributed by atoms with Gasteiger partial charge in [0.15, 0.2) is 11.5 Å². The first-order chi connectivity index (χ1) is 8.04. The highest BCUT2D eigenvalue weighted by Gasteiger charge is 2.13. The van der Waals surface area contributed by atoms with Gasteiger partial charge in [-0.3, -0.25) is 0 Å². The summed E-state index contributed by atoms with van der Waals surface area (Å²) in [7, 11) is 0. The Morgan fingerprint density at radius 1 is 1.29 bits per heavy atom. The van der Waals surface area contributed by atoms with Gasteiger partial charge in [-0.2, -0.15) is 0 Å².